The Balaban J connectivity index is 2.41. The summed E-state index contributed by atoms with van der Waals surface area (Å²) in [5.74, 6) is -0.0103. The van der Waals surface area contributed by atoms with E-state index < -0.39 is 18.0 Å². The molecule has 0 amide bonds. The van der Waals surface area contributed by atoms with E-state index in [2.05, 4.69) is 4.98 Å². The molecule has 1 N–H and O–H groups in total. The summed E-state index contributed by atoms with van der Waals surface area (Å²) in [4.78, 5) is 5.00. The highest BCUT2D eigenvalue weighted by atomic mass is 19.4. The third-order valence-electron chi connectivity index (χ3n) is 2.75. The van der Waals surface area contributed by atoms with Crippen LogP contribution in [0.2, 0.25) is 0 Å². The van der Waals surface area contributed by atoms with E-state index in [-0.39, 0.29) is 17.9 Å². The number of hydrogen-bond donors (Lipinski definition) is 1. The predicted molar refractivity (Wildman–Crippen MR) is 56.8 cm³/mol. The van der Waals surface area contributed by atoms with Gasteiger partial charge in [-0.05, 0) is 18.6 Å². The number of aromatic nitrogens is 1. The number of pyridine rings is 1. The summed E-state index contributed by atoms with van der Waals surface area (Å²) < 4.78 is 37.7. The molecule has 1 aromatic rings. The SMILES string of the molecule is N#Cc1ccc(C(F)(F)F)nc1N1CC[C@@H](O)C1. The molecule has 4 nitrogen and oxygen atoms in total. The number of nitrogens with zero attached hydrogens (tertiary/aromatic N) is 3. The predicted octanol–water partition coefficient (Wildman–Crippen LogP) is 1.54. The monoisotopic (exact) mass is 257 g/mol. The Morgan fingerprint density at radius 3 is 2.67 bits per heavy atom. The molecule has 18 heavy (non-hydrogen) atoms. The molecule has 0 spiro atoms. The largest absolute Gasteiger partial charge is 0.433 e. The van der Waals surface area contributed by atoms with Crippen molar-refractivity contribution >= 4 is 5.82 Å². The Bertz CT molecular complexity index is 495. The number of β-amino-alcohol motifs (C(OH)–C–C–N with tert-alkyl or cyclic N) is 1. The van der Waals surface area contributed by atoms with Gasteiger partial charge in [-0.2, -0.15) is 18.4 Å². The molecule has 2 heterocycles. The van der Waals surface area contributed by atoms with Gasteiger partial charge < -0.3 is 10.0 Å². The van der Waals surface area contributed by atoms with E-state index in [9.17, 15) is 18.3 Å². The normalized spacial score (nSPS) is 19.9. The molecular weight excluding hydrogens is 247 g/mol. The fraction of sp³-hybridized carbons (Fsp3) is 0.455. The van der Waals surface area contributed by atoms with Crippen LogP contribution >= 0.6 is 0 Å². The minimum absolute atomic E-state index is 0.0103. The average molecular weight is 257 g/mol. The third kappa shape index (κ3) is 2.38. The second-order valence-corrected chi connectivity index (χ2v) is 4.07. The fourth-order valence-corrected chi connectivity index (χ4v) is 1.87. The molecule has 1 aliphatic rings. The van der Waals surface area contributed by atoms with Crippen LogP contribution in [0, 0.1) is 11.3 Å². The van der Waals surface area contributed by atoms with Gasteiger partial charge in [0, 0.05) is 13.1 Å². The van der Waals surface area contributed by atoms with Crippen molar-refractivity contribution in [3.05, 3.63) is 23.4 Å². The van der Waals surface area contributed by atoms with Crippen molar-refractivity contribution in [1.82, 2.24) is 4.98 Å². The molecule has 0 unspecified atom stereocenters. The summed E-state index contributed by atoms with van der Waals surface area (Å²) in [6.07, 6.45) is -4.67. The lowest BCUT2D eigenvalue weighted by atomic mass is 10.2. The van der Waals surface area contributed by atoms with Gasteiger partial charge in [-0.25, -0.2) is 4.98 Å². The molecule has 0 saturated carbocycles. The van der Waals surface area contributed by atoms with Crippen LogP contribution < -0.4 is 4.90 Å². The third-order valence-corrected chi connectivity index (χ3v) is 2.75. The summed E-state index contributed by atoms with van der Waals surface area (Å²) in [5.41, 5.74) is -0.949. The summed E-state index contributed by atoms with van der Waals surface area (Å²) in [6.45, 7) is 0.590. The lowest BCUT2D eigenvalue weighted by molar-refractivity contribution is -0.141. The second-order valence-electron chi connectivity index (χ2n) is 4.07. The molecule has 1 saturated heterocycles. The van der Waals surface area contributed by atoms with Crippen molar-refractivity contribution in [3.8, 4) is 6.07 Å². The van der Waals surface area contributed by atoms with Crippen LogP contribution in [0.4, 0.5) is 19.0 Å². The quantitative estimate of drug-likeness (QED) is 0.829. The van der Waals surface area contributed by atoms with Crippen molar-refractivity contribution in [2.75, 3.05) is 18.0 Å². The molecule has 2 rings (SSSR count). The Hall–Kier alpha value is -1.81. The summed E-state index contributed by atoms with van der Waals surface area (Å²) >= 11 is 0. The van der Waals surface area contributed by atoms with Gasteiger partial charge in [-0.15, -0.1) is 0 Å². The van der Waals surface area contributed by atoms with Gasteiger partial charge >= 0.3 is 6.18 Å². The standard InChI is InChI=1S/C11H10F3N3O/c12-11(13,14)9-2-1-7(5-15)10(16-9)17-4-3-8(18)6-17/h1-2,8,18H,3-4,6H2/t8-/m1/s1. The molecule has 0 radical (unpaired) electrons. The number of hydrogen-bond acceptors (Lipinski definition) is 4. The van der Waals surface area contributed by atoms with Gasteiger partial charge in [0.2, 0.25) is 0 Å². The first-order valence-corrected chi connectivity index (χ1v) is 5.33. The minimum Gasteiger partial charge on any atom is -0.391 e. The molecular formula is C11H10F3N3O. The van der Waals surface area contributed by atoms with Crippen LogP contribution in [0.5, 0.6) is 0 Å². The van der Waals surface area contributed by atoms with E-state index in [1.807, 2.05) is 6.07 Å². The van der Waals surface area contributed by atoms with E-state index in [1.54, 1.807) is 0 Å². The number of nitriles is 1. The van der Waals surface area contributed by atoms with E-state index in [0.29, 0.717) is 13.0 Å². The van der Waals surface area contributed by atoms with Crippen LogP contribution in [-0.4, -0.2) is 29.3 Å². The number of rotatable bonds is 1. The molecule has 7 heteroatoms. The molecule has 1 aromatic heterocycles. The van der Waals surface area contributed by atoms with Gasteiger partial charge in [-0.3, -0.25) is 0 Å². The molecule has 1 aliphatic heterocycles. The first kappa shape index (κ1) is 12.6. The van der Waals surface area contributed by atoms with Crippen molar-refractivity contribution < 1.29 is 18.3 Å². The molecule has 0 bridgehead atoms. The fourth-order valence-electron chi connectivity index (χ4n) is 1.87. The molecule has 1 fully saturated rings. The van der Waals surface area contributed by atoms with Gasteiger partial charge in [0.05, 0.1) is 11.7 Å². The van der Waals surface area contributed by atoms with E-state index >= 15 is 0 Å². The molecule has 0 aromatic carbocycles. The second kappa shape index (κ2) is 4.46. The van der Waals surface area contributed by atoms with Gasteiger partial charge in [0.1, 0.15) is 17.6 Å². The Labute approximate surface area is 101 Å². The molecule has 96 valence electrons. The van der Waals surface area contributed by atoms with Crippen molar-refractivity contribution in [1.29, 1.82) is 5.26 Å². The Morgan fingerprint density at radius 2 is 2.17 bits per heavy atom. The zero-order chi connectivity index (χ0) is 13.3. The summed E-state index contributed by atoms with van der Waals surface area (Å²) in [7, 11) is 0. The van der Waals surface area contributed by atoms with Crippen molar-refractivity contribution in [2.24, 2.45) is 0 Å². The highest BCUT2D eigenvalue weighted by Gasteiger charge is 2.34. The average Bonchev–Trinajstić information content (AvgIpc) is 2.73. The maximum atomic E-state index is 12.6. The van der Waals surface area contributed by atoms with Gasteiger partial charge in [0.25, 0.3) is 0 Å². The first-order chi connectivity index (χ1) is 8.41. The zero-order valence-corrected chi connectivity index (χ0v) is 9.28. The number of anilines is 1. The zero-order valence-electron chi connectivity index (χ0n) is 9.28. The Kier molecular flexibility index (Phi) is 3.13. The minimum atomic E-state index is -4.54. The molecule has 0 aliphatic carbocycles. The van der Waals surface area contributed by atoms with E-state index in [0.717, 1.165) is 12.1 Å². The van der Waals surface area contributed by atoms with Crippen LogP contribution in [-0.2, 0) is 6.18 Å². The maximum Gasteiger partial charge on any atom is 0.433 e. The smallest absolute Gasteiger partial charge is 0.391 e. The van der Waals surface area contributed by atoms with Crippen LogP contribution in [0.25, 0.3) is 0 Å². The summed E-state index contributed by atoms with van der Waals surface area (Å²) in [6, 6.07) is 3.71. The Morgan fingerprint density at radius 1 is 1.44 bits per heavy atom. The first-order valence-electron chi connectivity index (χ1n) is 5.33. The maximum absolute atomic E-state index is 12.6. The number of aliphatic hydroxyl groups excluding tert-OH is 1. The van der Waals surface area contributed by atoms with E-state index in [1.165, 1.54) is 4.90 Å². The van der Waals surface area contributed by atoms with Crippen LogP contribution in [0.15, 0.2) is 12.1 Å². The lowest BCUT2D eigenvalue weighted by Gasteiger charge is -2.19. The van der Waals surface area contributed by atoms with E-state index in [4.69, 9.17) is 5.26 Å². The van der Waals surface area contributed by atoms with Crippen LogP contribution in [0.1, 0.15) is 17.7 Å². The van der Waals surface area contributed by atoms with Crippen LogP contribution in [0.3, 0.4) is 0 Å². The summed E-state index contributed by atoms with van der Waals surface area (Å²) in [5, 5.41) is 18.3. The number of halogens is 3. The lowest BCUT2D eigenvalue weighted by Crippen LogP contribution is -2.24. The topological polar surface area (TPSA) is 60.2 Å². The highest BCUT2D eigenvalue weighted by Crippen LogP contribution is 2.31. The molecule has 1 atom stereocenters. The van der Waals surface area contributed by atoms with Crippen molar-refractivity contribution in [2.45, 2.75) is 18.7 Å². The number of alkyl halides is 3. The van der Waals surface area contributed by atoms with Crippen molar-refractivity contribution in [3.63, 3.8) is 0 Å². The highest BCUT2D eigenvalue weighted by molar-refractivity contribution is 5.55. The van der Waals surface area contributed by atoms with Gasteiger partial charge in [0.15, 0.2) is 0 Å². The van der Waals surface area contributed by atoms with Gasteiger partial charge in [-0.1, -0.05) is 0 Å². The number of aliphatic hydroxyl groups is 1.